The normalized spacial score (nSPS) is 31.4. The van der Waals surface area contributed by atoms with Gasteiger partial charge in [0, 0.05) is 19.6 Å². The molecule has 7 rings (SSSR count). The van der Waals surface area contributed by atoms with E-state index in [1.54, 1.807) is 0 Å². The topological polar surface area (TPSA) is 30.3 Å². The van der Waals surface area contributed by atoms with Gasteiger partial charge in [-0.2, -0.15) is 0 Å². The lowest BCUT2D eigenvalue weighted by Gasteiger charge is -2.60. The van der Waals surface area contributed by atoms with E-state index < -0.39 is 0 Å². The van der Waals surface area contributed by atoms with Gasteiger partial charge >= 0.3 is 0 Å². The van der Waals surface area contributed by atoms with Crippen molar-refractivity contribution in [2.24, 2.45) is 17.8 Å². The molecule has 0 spiro atoms. The van der Waals surface area contributed by atoms with Crippen LogP contribution in [0, 0.1) is 23.2 Å². The van der Waals surface area contributed by atoms with E-state index in [0.717, 1.165) is 17.8 Å². The van der Waals surface area contributed by atoms with Gasteiger partial charge in [0.2, 0.25) is 0 Å². The van der Waals surface area contributed by atoms with Crippen LogP contribution in [-0.2, 0) is 0 Å². The summed E-state index contributed by atoms with van der Waals surface area (Å²) in [4.78, 5) is 4.60. The predicted octanol–water partition coefficient (Wildman–Crippen LogP) is 5.52. The molecule has 0 amide bonds. The van der Waals surface area contributed by atoms with Crippen molar-refractivity contribution in [3.63, 3.8) is 0 Å². The van der Waals surface area contributed by atoms with Crippen molar-refractivity contribution >= 4 is 5.96 Å². The van der Waals surface area contributed by atoms with Gasteiger partial charge in [-0.1, -0.05) is 48.5 Å². The molecule has 0 aromatic heterocycles. The van der Waals surface area contributed by atoms with Crippen molar-refractivity contribution in [1.29, 1.82) is 5.41 Å². The third-order valence-corrected chi connectivity index (χ3v) is 8.56. The highest BCUT2D eigenvalue weighted by Crippen LogP contribution is 2.58. The molecular weight excluding hydrogens is 354 g/mol. The van der Waals surface area contributed by atoms with Gasteiger partial charge in [0.15, 0.2) is 5.96 Å². The molecule has 3 nitrogen and oxygen atoms in total. The van der Waals surface area contributed by atoms with E-state index in [0.29, 0.717) is 5.96 Å². The van der Waals surface area contributed by atoms with Crippen LogP contribution in [0.25, 0.3) is 11.1 Å². The summed E-state index contributed by atoms with van der Waals surface area (Å²) in [6.07, 6.45) is 8.22. The minimum absolute atomic E-state index is 0.131. The maximum Gasteiger partial charge on any atom is 0.194 e. The number of nitrogens with one attached hydrogen (secondary N) is 1. The summed E-state index contributed by atoms with van der Waals surface area (Å²) in [6, 6.07) is 17.6. The van der Waals surface area contributed by atoms with E-state index in [1.807, 2.05) is 0 Å². The Morgan fingerprint density at radius 2 is 1.24 bits per heavy atom. The monoisotopic (exact) mass is 385 g/mol. The quantitative estimate of drug-likeness (QED) is 0.545. The van der Waals surface area contributed by atoms with Gasteiger partial charge in [-0.3, -0.25) is 5.41 Å². The minimum Gasteiger partial charge on any atom is -0.340 e. The van der Waals surface area contributed by atoms with Gasteiger partial charge in [-0.05, 0) is 78.5 Å². The van der Waals surface area contributed by atoms with E-state index >= 15 is 0 Å². The Balaban J connectivity index is 1.34. The first-order valence-electron chi connectivity index (χ1n) is 11.3. The third-order valence-electron chi connectivity index (χ3n) is 8.56. The highest BCUT2D eigenvalue weighted by atomic mass is 15.4. The molecule has 0 saturated heterocycles. The lowest BCUT2D eigenvalue weighted by molar-refractivity contribution is -0.0585. The summed E-state index contributed by atoms with van der Waals surface area (Å²) in [6.45, 7) is 0. The number of hydrogen-bond donors (Lipinski definition) is 1. The van der Waals surface area contributed by atoms with Crippen molar-refractivity contribution in [2.45, 2.75) is 50.1 Å². The molecular formula is C26H31N3. The Morgan fingerprint density at radius 1 is 0.793 bits per heavy atom. The lowest BCUT2D eigenvalue weighted by Crippen LogP contribution is -2.62. The number of rotatable bonds is 2. The Hall–Kier alpha value is -2.29. The molecule has 2 aromatic rings. The highest BCUT2D eigenvalue weighted by molar-refractivity contribution is 5.84. The fourth-order valence-electron chi connectivity index (χ4n) is 7.61. The summed E-state index contributed by atoms with van der Waals surface area (Å²) >= 11 is 0. The van der Waals surface area contributed by atoms with Crippen LogP contribution in [-0.4, -0.2) is 35.4 Å². The molecule has 4 bridgehead atoms. The van der Waals surface area contributed by atoms with Gasteiger partial charge < -0.3 is 9.80 Å². The van der Waals surface area contributed by atoms with Crippen molar-refractivity contribution in [1.82, 2.24) is 9.80 Å². The molecule has 0 unspecified atom stereocenters. The average molecular weight is 386 g/mol. The molecule has 0 aliphatic heterocycles. The second-order valence-corrected chi connectivity index (χ2v) is 10.2. The van der Waals surface area contributed by atoms with Crippen molar-refractivity contribution in [2.75, 3.05) is 14.1 Å². The SMILES string of the molecule is CN(C(=N)N(C)C12CC3CC(CC(C3)C1)C2)C1c2ccccc2-c2ccccc21. The number of guanidine groups is 1. The highest BCUT2D eigenvalue weighted by Gasteiger charge is 2.53. The molecule has 0 radical (unpaired) electrons. The van der Waals surface area contributed by atoms with E-state index in [1.165, 1.54) is 60.8 Å². The van der Waals surface area contributed by atoms with Crippen LogP contribution < -0.4 is 0 Å². The standard InChI is InChI=1S/C26H31N3/c1-28(24-22-9-5-3-7-20(22)21-8-4-6-10-23(21)24)25(27)29(2)26-14-17-11-18(15-26)13-19(12-17)16-26/h3-10,17-19,24,27H,11-16H2,1-2H3. The molecule has 150 valence electrons. The van der Waals surface area contributed by atoms with E-state index in [-0.39, 0.29) is 11.6 Å². The van der Waals surface area contributed by atoms with Crippen LogP contribution in [0.4, 0.5) is 0 Å². The summed E-state index contributed by atoms with van der Waals surface area (Å²) in [5, 5.41) is 9.24. The summed E-state index contributed by atoms with van der Waals surface area (Å²) < 4.78 is 0. The van der Waals surface area contributed by atoms with Gasteiger partial charge in [0.1, 0.15) is 0 Å². The number of benzene rings is 2. The predicted molar refractivity (Wildman–Crippen MR) is 118 cm³/mol. The van der Waals surface area contributed by atoms with Gasteiger partial charge in [-0.15, -0.1) is 0 Å². The largest absolute Gasteiger partial charge is 0.340 e. The van der Waals surface area contributed by atoms with Gasteiger partial charge in [-0.25, -0.2) is 0 Å². The maximum atomic E-state index is 9.24. The maximum absolute atomic E-state index is 9.24. The molecule has 2 aromatic carbocycles. The average Bonchev–Trinajstić information content (AvgIpc) is 3.06. The van der Waals surface area contributed by atoms with E-state index in [2.05, 4.69) is 72.4 Å². The number of fused-ring (bicyclic) bond motifs is 3. The summed E-state index contributed by atoms with van der Waals surface area (Å²) in [5.41, 5.74) is 5.53. The van der Waals surface area contributed by atoms with Crippen molar-refractivity contribution in [3.8, 4) is 11.1 Å². The fourth-order valence-corrected chi connectivity index (χ4v) is 7.61. The van der Waals surface area contributed by atoms with Crippen LogP contribution in [0.1, 0.15) is 55.7 Å². The summed E-state index contributed by atoms with van der Waals surface area (Å²) in [5.74, 6) is 3.38. The molecule has 0 atom stereocenters. The first-order chi connectivity index (χ1) is 14.1. The first-order valence-corrected chi connectivity index (χ1v) is 11.3. The number of nitrogens with zero attached hydrogens (tertiary/aromatic N) is 2. The molecule has 29 heavy (non-hydrogen) atoms. The smallest absolute Gasteiger partial charge is 0.194 e. The zero-order chi connectivity index (χ0) is 19.8. The zero-order valence-corrected chi connectivity index (χ0v) is 17.6. The Morgan fingerprint density at radius 3 is 1.72 bits per heavy atom. The van der Waals surface area contributed by atoms with Crippen LogP contribution in [0.3, 0.4) is 0 Å². The van der Waals surface area contributed by atoms with Crippen LogP contribution in [0.5, 0.6) is 0 Å². The Bertz CT molecular complexity index is 897. The molecule has 5 aliphatic carbocycles. The molecule has 0 heterocycles. The van der Waals surface area contributed by atoms with Gasteiger partial charge in [0.25, 0.3) is 0 Å². The van der Waals surface area contributed by atoms with E-state index in [4.69, 9.17) is 0 Å². The fraction of sp³-hybridized carbons (Fsp3) is 0.500. The number of hydrogen-bond acceptors (Lipinski definition) is 1. The van der Waals surface area contributed by atoms with E-state index in [9.17, 15) is 5.41 Å². The molecule has 1 N–H and O–H groups in total. The Labute approximate surface area is 174 Å². The van der Waals surface area contributed by atoms with Crippen LogP contribution in [0.15, 0.2) is 48.5 Å². The van der Waals surface area contributed by atoms with Crippen molar-refractivity contribution < 1.29 is 0 Å². The minimum atomic E-state index is 0.131. The van der Waals surface area contributed by atoms with Crippen LogP contribution >= 0.6 is 0 Å². The molecule has 4 fully saturated rings. The Kier molecular flexibility index (Phi) is 3.70. The molecule has 3 heteroatoms. The second-order valence-electron chi connectivity index (χ2n) is 10.2. The lowest BCUT2D eigenvalue weighted by atomic mass is 9.52. The van der Waals surface area contributed by atoms with Crippen molar-refractivity contribution in [3.05, 3.63) is 59.7 Å². The second kappa shape index (κ2) is 6.10. The first kappa shape index (κ1) is 17.6. The zero-order valence-electron chi connectivity index (χ0n) is 17.6. The third kappa shape index (κ3) is 2.46. The molecule has 4 saturated carbocycles. The molecule has 5 aliphatic rings. The van der Waals surface area contributed by atoms with Crippen LogP contribution in [0.2, 0.25) is 0 Å². The summed E-state index contributed by atoms with van der Waals surface area (Å²) in [7, 11) is 4.33. The van der Waals surface area contributed by atoms with Gasteiger partial charge in [0.05, 0.1) is 6.04 Å².